The van der Waals surface area contributed by atoms with Crippen molar-refractivity contribution >= 4 is 21.6 Å². The van der Waals surface area contributed by atoms with Crippen LogP contribution in [0.3, 0.4) is 0 Å². The lowest BCUT2D eigenvalue weighted by Crippen LogP contribution is -2.26. The van der Waals surface area contributed by atoms with Gasteiger partial charge in [-0.05, 0) is 30.0 Å². The zero-order chi connectivity index (χ0) is 15.4. The zero-order valence-corrected chi connectivity index (χ0v) is 12.7. The van der Waals surface area contributed by atoms with Crippen molar-refractivity contribution in [3.63, 3.8) is 0 Å². The smallest absolute Gasteiger partial charge is 0.305 e. The van der Waals surface area contributed by atoms with Crippen LogP contribution < -0.4 is 5.73 Å². The van der Waals surface area contributed by atoms with Crippen molar-refractivity contribution in [2.75, 3.05) is 0 Å². The number of rotatable bonds is 5. The van der Waals surface area contributed by atoms with Gasteiger partial charge in [-0.3, -0.25) is 10.1 Å². The molecular formula is C15H14BrFN2O2. The fraction of sp³-hybridized carbons (Fsp3) is 0.200. The fourth-order valence-electron chi connectivity index (χ4n) is 2.17. The van der Waals surface area contributed by atoms with Crippen LogP contribution in [0.15, 0.2) is 46.9 Å². The van der Waals surface area contributed by atoms with E-state index in [0.717, 1.165) is 16.1 Å². The van der Waals surface area contributed by atoms with Gasteiger partial charge in [0, 0.05) is 16.6 Å². The second-order valence-corrected chi connectivity index (χ2v) is 5.62. The van der Waals surface area contributed by atoms with Crippen molar-refractivity contribution in [1.29, 1.82) is 0 Å². The molecule has 0 bridgehead atoms. The minimum atomic E-state index is -0.801. The predicted molar refractivity (Wildman–Crippen MR) is 82.6 cm³/mol. The van der Waals surface area contributed by atoms with Crippen LogP contribution in [-0.4, -0.2) is 11.0 Å². The minimum absolute atomic E-state index is 0.245. The number of nitrogens with zero attached hydrogens (tertiary/aromatic N) is 1. The average molecular weight is 353 g/mol. The Balaban J connectivity index is 2.13. The molecule has 0 amide bonds. The van der Waals surface area contributed by atoms with Crippen molar-refractivity contribution in [1.82, 2.24) is 0 Å². The molecule has 2 aromatic rings. The third-order valence-electron chi connectivity index (χ3n) is 3.18. The van der Waals surface area contributed by atoms with E-state index in [-0.39, 0.29) is 18.0 Å². The van der Waals surface area contributed by atoms with E-state index in [1.165, 1.54) is 12.1 Å². The van der Waals surface area contributed by atoms with Gasteiger partial charge in [0.15, 0.2) is 0 Å². The van der Waals surface area contributed by atoms with Crippen LogP contribution in [0.25, 0.3) is 0 Å². The Morgan fingerprint density at radius 2 is 1.76 bits per heavy atom. The van der Waals surface area contributed by atoms with Gasteiger partial charge in [0.05, 0.1) is 4.92 Å². The number of nitro benzene ring substituents is 1. The lowest BCUT2D eigenvalue weighted by molar-refractivity contribution is -0.387. The second kappa shape index (κ2) is 6.78. The summed E-state index contributed by atoms with van der Waals surface area (Å²) in [5.74, 6) is -0.801. The highest BCUT2D eigenvalue weighted by atomic mass is 79.9. The Morgan fingerprint density at radius 3 is 2.43 bits per heavy atom. The molecule has 4 nitrogen and oxygen atoms in total. The topological polar surface area (TPSA) is 69.2 Å². The number of nitrogens with two attached hydrogens (primary N) is 1. The molecule has 0 heterocycles. The summed E-state index contributed by atoms with van der Waals surface area (Å²) in [5.41, 5.74) is 6.82. The quantitative estimate of drug-likeness (QED) is 0.660. The van der Waals surface area contributed by atoms with Crippen molar-refractivity contribution in [3.8, 4) is 0 Å². The molecule has 0 fully saturated rings. The molecule has 110 valence electrons. The first-order valence-electron chi connectivity index (χ1n) is 6.40. The van der Waals surface area contributed by atoms with E-state index < -0.39 is 16.4 Å². The van der Waals surface area contributed by atoms with E-state index in [1.54, 1.807) is 0 Å². The maximum Gasteiger partial charge on any atom is 0.305 e. The lowest BCUT2D eigenvalue weighted by atomic mass is 9.99. The van der Waals surface area contributed by atoms with Gasteiger partial charge < -0.3 is 5.73 Å². The zero-order valence-electron chi connectivity index (χ0n) is 11.1. The van der Waals surface area contributed by atoms with Gasteiger partial charge in [-0.15, -0.1) is 0 Å². The summed E-state index contributed by atoms with van der Waals surface area (Å²) >= 11 is 3.44. The molecule has 21 heavy (non-hydrogen) atoms. The standard InChI is InChI=1S/C15H14BrFN2O2/c16-13-6-2-1-4-10(13)8-12(18)9-11-5-3-7-14(15(11)17)19(20)21/h1-7,12H,8-9,18H2. The van der Waals surface area contributed by atoms with Crippen molar-refractivity contribution in [3.05, 3.63) is 74.0 Å². The monoisotopic (exact) mass is 352 g/mol. The molecule has 2 rings (SSSR count). The van der Waals surface area contributed by atoms with E-state index in [1.807, 2.05) is 24.3 Å². The van der Waals surface area contributed by atoms with Crippen molar-refractivity contribution in [2.24, 2.45) is 5.73 Å². The molecule has 0 radical (unpaired) electrons. The van der Waals surface area contributed by atoms with Crippen molar-refractivity contribution < 1.29 is 9.31 Å². The molecule has 0 aliphatic carbocycles. The van der Waals surface area contributed by atoms with Crippen LogP contribution in [0.5, 0.6) is 0 Å². The molecule has 0 saturated carbocycles. The summed E-state index contributed by atoms with van der Waals surface area (Å²) in [4.78, 5) is 10.00. The Bertz CT molecular complexity index is 664. The van der Waals surface area contributed by atoms with Gasteiger partial charge in [-0.2, -0.15) is 4.39 Å². The largest absolute Gasteiger partial charge is 0.327 e. The van der Waals surface area contributed by atoms with Gasteiger partial charge in [0.1, 0.15) is 0 Å². The Morgan fingerprint density at radius 1 is 1.14 bits per heavy atom. The van der Waals surface area contributed by atoms with Gasteiger partial charge >= 0.3 is 5.69 Å². The first-order chi connectivity index (χ1) is 9.99. The molecule has 1 atom stereocenters. The number of halogens is 2. The SMILES string of the molecule is NC(Cc1ccccc1Br)Cc1cccc([N+](=O)[O-])c1F. The average Bonchev–Trinajstić information content (AvgIpc) is 2.43. The first kappa shape index (κ1) is 15.6. The maximum atomic E-state index is 14.0. The molecule has 0 aliphatic rings. The summed E-state index contributed by atoms with van der Waals surface area (Å²) in [6.45, 7) is 0. The molecule has 0 aromatic heterocycles. The molecule has 2 aromatic carbocycles. The predicted octanol–water partition coefficient (Wildman–Crippen LogP) is 3.61. The third-order valence-corrected chi connectivity index (χ3v) is 3.95. The summed E-state index contributed by atoms with van der Waals surface area (Å²) in [5, 5.41) is 10.7. The van der Waals surface area contributed by atoms with E-state index in [4.69, 9.17) is 5.73 Å². The molecule has 2 N–H and O–H groups in total. The van der Waals surface area contributed by atoms with Gasteiger partial charge in [-0.25, -0.2) is 0 Å². The number of hydrogen-bond donors (Lipinski definition) is 1. The summed E-state index contributed by atoms with van der Waals surface area (Å²) < 4.78 is 14.9. The Kier molecular flexibility index (Phi) is 5.03. The molecule has 6 heteroatoms. The molecule has 0 spiro atoms. The highest BCUT2D eigenvalue weighted by molar-refractivity contribution is 9.10. The summed E-state index contributed by atoms with van der Waals surface area (Å²) in [6.07, 6.45) is 0.804. The van der Waals surface area contributed by atoms with E-state index in [0.29, 0.717) is 6.42 Å². The van der Waals surface area contributed by atoms with Crippen LogP contribution in [0.2, 0.25) is 0 Å². The summed E-state index contributed by atoms with van der Waals surface area (Å²) in [7, 11) is 0. The normalized spacial score (nSPS) is 12.1. The second-order valence-electron chi connectivity index (χ2n) is 4.77. The highest BCUT2D eigenvalue weighted by Crippen LogP contribution is 2.22. The van der Waals surface area contributed by atoms with E-state index in [2.05, 4.69) is 15.9 Å². The highest BCUT2D eigenvalue weighted by Gasteiger charge is 2.19. The maximum absolute atomic E-state index is 14.0. The Hall–Kier alpha value is -1.79. The van der Waals surface area contributed by atoms with Gasteiger partial charge in [0.25, 0.3) is 0 Å². The van der Waals surface area contributed by atoms with E-state index >= 15 is 0 Å². The fourth-order valence-corrected chi connectivity index (χ4v) is 2.61. The number of nitro groups is 1. The van der Waals surface area contributed by atoms with Crippen LogP contribution >= 0.6 is 15.9 Å². The lowest BCUT2D eigenvalue weighted by Gasteiger charge is -2.13. The third kappa shape index (κ3) is 3.86. The van der Waals surface area contributed by atoms with Crippen LogP contribution in [0, 0.1) is 15.9 Å². The van der Waals surface area contributed by atoms with Gasteiger partial charge in [-0.1, -0.05) is 46.3 Å². The van der Waals surface area contributed by atoms with Crippen LogP contribution in [0.4, 0.5) is 10.1 Å². The molecule has 1 unspecified atom stereocenters. The number of benzene rings is 2. The number of hydrogen-bond acceptors (Lipinski definition) is 3. The molecule has 0 saturated heterocycles. The minimum Gasteiger partial charge on any atom is -0.327 e. The molecule has 0 aliphatic heterocycles. The van der Waals surface area contributed by atoms with Crippen molar-refractivity contribution in [2.45, 2.75) is 18.9 Å². The first-order valence-corrected chi connectivity index (χ1v) is 7.19. The van der Waals surface area contributed by atoms with Gasteiger partial charge in [0.2, 0.25) is 5.82 Å². The van der Waals surface area contributed by atoms with Crippen LogP contribution in [-0.2, 0) is 12.8 Å². The van der Waals surface area contributed by atoms with E-state index in [9.17, 15) is 14.5 Å². The molecular weight excluding hydrogens is 339 g/mol. The van der Waals surface area contributed by atoms with Crippen LogP contribution in [0.1, 0.15) is 11.1 Å². The Labute approximate surface area is 130 Å². The summed E-state index contributed by atoms with van der Waals surface area (Å²) in [6, 6.07) is 11.5.